The van der Waals surface area contributed by atoms with Gasteiger partial charge in [0.15, 0.2) is 23.9 Å². The first-order valence-corrected chi connectivity index (χ1v) is 11.4. The van der Waals surface area contributed by atoms with Crippen molar-refractivity contribution in [3.8, 4) is 5.88 Å². The van der Waals surface area contributed by atoms with E-state index in [1.807, 2.05) is 4.90 Å². The lowest BCUT2D eigenvalue weighted by Crippen LogP contribution is -2.60. The molecule has 182 valence electrons. The molecule has 11 heteroatoms. The van der Waals surface area contributed by atoms with Gasteiger partial charge in [0.2, 0.25) is 17.7 Å². The molecule has 8 nitrogen and oxygen atoms in total. The third kappa shape index (κ3) is 4.24. The van der Waals surface area contributed by atoms with Crippen molar-refractivity contribution in [1.82, 2.24) is 9.97 Å². The summed E-state index contributed by atoms with van der Waals surface area (Å²) in [5.74, 6) is -1.27. The maximum absolute atomic E-state index is 14.0. The van der Waals surface area contributed by atoms with Crippen LogP contribution < -0.4 is 20.3 Å². The molecule has 1 spiro atoms. The number of carbonyl (C=O) groups is 1. The minimum Gasteiger partial charge on any atom is -0.468 e. The number of aromatic nitrogens is 2. The van der Waals surface area contributed by atoms with Crippen molar-refractivity contribution in [1.29, 1.82) is 0 Å². The SMILES string of the molecule is Nc1nc(O[C@H]2COC[C@H]2F)cc(N2CCC3(CCCC(=O)N3c3ccc(F)c(F)c3)CC2)n1. The summed E-state index contributed by atoms with van der Waals surface area (Å²) < 4.78 is 52.1. The normalized spacial score (nSPS) is 24.6. The molecule has 1 amide bonds. The van der Waals surface area contributed by atoms with E-state index in [9.17, 15) is 18.0 Å². The maximum atomic E-state index is 14.0. The van der Waals surface area contributed by atoms with Gasteiger partial charge < -0.3 is 25.0 Å². The molecule has 1 aromatic heterocycles. The Balaban J connectivity index is 1.35. The van der Waals surface area contributed by atoms with Crippen molar-refractivity contribution < 1.29 is 27.4 Å². The van der Waals surface area contributed by atoms with Gasteiger partial charge in [0.25, 0.3) is 0 Å². The van der Waals surface area contributed by atoms with Crippen LogP contribution in [0.3, 0.4) is 0 Å². The monoisotopic (exact) mass is 477 g/mol. The second-order valence-corrected chi connectivity index (χ2v) is 9.02. The molecule has 0 radical (unpaired) electrons. The predicted octanol–water partition coefficient (Wildman–Crippen LogP) is 3.01. The molecule has 34 heavy (non-hydrogen) atoms. The highest BCUT2D eigenvalue weighted by Crippen LogP contribution is 2.42. The Bertz CT molecular complexity index is 1080. The van der Waals surface area contributed by atoms with E-state index >= 15 is 0 Å². The van der Waals surface area contributed by atoms with E-state index in [-0.39, 0.29) is 30.9 Å². The van der Waals surface area contributed by atoms with Gasteiger partial charge in [-0.25, -0.2) is 13.2 Å². The molecule has 3 aliphatic rings. The highest BCUT2D eigenvalue weighted by atomic mass is 19.2. The lowest BCUT2D eigenvalue weighted by Gasteiger charge is -2.51. The van der Waals surface area contributed by atoms with E-state index < -0.39 is 29.4 Å². The molecule has 3 aliphatic heterocycles. The number of nitrogens with zero attached hydrogens (tertiary/aromatic N) is 4. The fourth-order valence-corrected chi connectivity index (χ4v) is 5.15. The molecule has 2 N–H and O–H groups in total. The number of carbonyl (C=O) groups excluding carboxylic acids is 1. The number of benzene rings is 1. The van der Waals surface area contributed by atoms with Gasteiger partial charge in [-0.2, -0.15) is 9.97 Å². The first-order chi connectivity index (χ1) is 16.3. The van der Waals surface area contributed by atoms with Crippen molar-refractivity contribution in [3.05, 3.63) is 35.9 Å². The van der Waals surface area contributed by atoms with Gasteiger partial charge in [-0.3, -0.25) is 4.79 Å². The Labute approximate surface area is 194 Å². The van der Waals surface area contributed by atoms with Crippen LogP contribution in [-0.2, 0) is 9.53 Å². The van der Waals surface area contributed by atoms with Gasteiger partial charge in [-0.15, -0.1) is 0 Å². The van der Waals surface area contributed by atoms with Gasteiger partial charge in [0.1, 0.15) is 5.82 Å². The molecule has 3 fully saturated rings. The molecule has 0 saturated carbocycles. The summed E-state index contributed by atoms with van der Waals surface area (Å²) in [6.07, 6.45) is 1.12. The van der Waals surface area contributed by atoms with E-state index in [0.717, 1.165) is 25.0 Å². The number of anilines is 3. The summed E-state index contributed by atoms with van der Waals surface area (Å²) in [7, 11) is 0. The number of halogens is 3. The minimum atomic E-state index is -1.24. The predicted molar refractivity (Wildman–Crippen MR) is 118 cm³/mol. The molecule has 0 aliphatic carbocycles. The lowest BCUT2D eigenvalue weighted by atomic mass is 9.78. The van der Waals surface area contributed by atoms with Crippen LogP contribution in [0.25, 0.3) is 0 Å². The average Bonchev–Trinajstić information content (AvgIpc) is 3.20. The van der Waals surface area contributed by atoms with Crippen LogP contribution in [0.5, 0.6) is 5.88 Å². The van der Waals surface area contributed by atoms with E-state index in [1.54, 1.807) is 11.0 Å². The number of rotatable bonds is 4. The van der Waals surface area contributed by atoms with Crippen molar-refractivity contribution >= 4 is 23.4 Å². The summed E-state index contributed by atoms with van der Waals surface area (Å²) in [5.41, 5.74) is 5.77. The topological polar surface area (TPSA) is 93.8 Å². The molecule has 1 aromatic carbocycles. The molecule has 5 rings (SSSR count). The number of ether oxygens (including phenoxy) is 2. The number of hydrogen-bond donors (Lipinski definition) is 1. The summed E-state index contributed by atoms with van der Waals surface area (Å²) >= 11 is 0. The van der Waals surface area contributed by atoms with Gasteiger partial charge in [-0.1, -0.05) is 0 Å². The number of hydrogen-bond acceptors (Lipinski definition) is 7. The van der Waals surface area contributed by atoms with Crippen LogP contribution in [0.1, 0.15) is 32.1 Å². The smallest absolute Gasteiger partial charge is 0.227 e. The van der Waals surface area contributed by atoms with Crippen LogP contribution in [0.4, 0.5) is 30.6 Å². The van der Waals surface area contributed by atoms with Gasteiger partial charge >= 0.3 is 0 Å². The Kier molecular flexibility index (Phi) is 5.97. The molecular weight excluding hydrogens is 451 g/mol. The molecular formula is C23H26F3N5O3. The lowest BCUT2D eigenvalue weighted by molar-refractivity contribution is -0.121. The van der Waals surface area contributed by atoms with Crippen molar-refractivity contribution in [2.45, 2.75) is 49.9 Å². The third-order valence-corrected chi connectivity index (χ3v) is 6.88. The molecule has 2 aromatic rings. The second-order valence-electron chi connectivity index (χ2n) is 9.02. The fourth-order valence-electron chi connectivity index (χ4n) is 5.15. The van der Waals surface area contributed by atoms with E-state index in [4.69, 9.17) is 15.2 Å². The Morgan fingerprint density at radius 3 is 2.59 bits per heavy atom. The Hall–Kier alpha value is -3.08. The zero-order valence-corrected chi connectivity index (χ0v) is 18.6. The summed E-state index contributed by atoms with van der Waals surface area (Å²) in [6, 6.07) is 5.22. The van der Waals surface area contributed by atoms with E-state index in [0.29, 0.717) is 43.9 Å². The Morgan fingerprint density at radius 2 is 1.88 bits per heavy atom. The largest absolute Gasteiger partial charge is 0.468 e. The summed E-state index contributed by atoms with van der Waals surface area (Å²) in [5, 5.41) is 0. The van der Waals surface area contributed by atoms with Crippen LogP contribution in [-0.4, -0.2) is 60.0 Å². The third-order valence-electron chi connectivity index (χ3n) is 6.88. The Morgan fingerprint density at radius 1 is 1.09 bits per heavy atom. The number of piperidine rings is 2. The highest BCUT2D eigenvalue weighted by molar-refractivity contribution is 5.95. The highest BCUT2D eigenvalue weighted by Gasteiger charge is 2.45. The summed E-state index contributed by atoms with van der Waals surface area (Å²) in [4.78, 5) is 24.9. The molecule has 4 heterocycles. The van der Waals surface area contributed by atoms with Crippen LogP contribution in [0.2, 0.25) is 0 Å². The maximum Gasteiger partial charge on any atom is 0.227 e. The van der Waals surface area contributed by atoms with Crippen LogP contribution >= 0.6 is 0 Å². The number of nitrogen functional groups attached to an aromatic ring is 1. The number of nitrogens with two attached hydrogens (primary N) is 1. The first-order valence-electron chi connectivity index (χ1n) is 11.4. The van der Waals surface area contributed by atoms with E-state index in [1.165, 1.54) is 6.07 Å². The molecule has 2 atom stereocenters. The summed E-state index contributed by atoms with van der Waals surface area (Å²) in [6.45, 7) is 1.24. The van der Waals surface area contributed by atoms with Crippen LogP contribution in [0.15, 0.2) is 24.3 Å². The van der Waals surface area contributed by atoms with Crippen LogP contribution in [0, 0.1) is 11.6 Å². The van der Waals surface area contributed by atoms with Gasteiger partial charge in [0, 0.05) is 37.3 Å². The molecule has 0 unspecified atom stereocenters. The zero-order valence-electron chi connectivity index (χ0n) is 18.6. The van der Waals surface area contributed by atoms with Crippen molar-refractivity contribution in [2.75, 3.05) is 41.8 Å². The minimum absolute atomic E-state index is 0.0124. The fraction of sp³-hybridized carbons (Fsp3) is 0.522. The zero-order chi connectivity index (χ0) is 23.9. The molecule has 3 saturated heterocycles. The average molecular weight is 477 g/mol. The number of alkyl halides is 1. The molecule has 0 bridgehead atoms. The van der Waals surface area contributed by atoms with Gasteiger partial charge in [-0.05, 0) is 37.8 Å². The van der Waals surface area contributed by atoms with Crippen molar-refractivity contribution in [3.63, 3.8) is 0 Å². The van der Waals surface area contributed by atoms with E-state index in [2.05, 4.69) is 9.97 Å². The van der Waals surface area contributed by atoms with Gasteiger partial charge in [0.05, 0.1) is 18.8 Å². The standard InChI is InChI=1S/C23H26F3N5O3/c24-15-4-3-14(10-16(15)25)31-21(32)2-1-5-23(31)6-8-30(9-7-23)19-11-20(29-22(27)28-19)34-18-13-33-12-17(18)26/h3-4,10-11,17-18H,1-2,5-9,12-13H2,(H2,27,28,29)/t17-,18+/m1/s1. The second kappa shape index (κ2) is 8.94. The quantitative estimate of drug-likeness (QED) is 0.724. The van der Waals surface area contributed by atoms with Crippen molar-refractivity contribution in [2.24, 2.45) is 0 Å². The number of amides is 1. The first kappa shape index (κ1) is 22.7.